The second-order valence-corrected chi connectivity index (χ2v) is 10.6. The maximum Gasteiger partial charge on any atom is 0.262 e. The molecule has 0 unspecified atom stereocenters. The molecule has 1 amide bonds. The Bertz CT molecular complexity index is 1010. The van der Waals surface area contributed by atoms with Crippen LogP contribution in [0.2, 0.25) is 0 Å². The normalized spacial score (nSPS) is 15.1. The van der Waals surface area contributed by atoms with E-state index in [4.69, 9.17) is 0 Å². The first kappa shape index (κ1) is 22.3. The third-order valence-corrected chi connectivity index (χ3v) is 7.44. The predicted octanol–water partition coefficient (Wildman–Crippen LogP) is 4.61. The molecule has 0 atom stereocenters. The Kier molecular flexibility index (Phi) is 6.27. The van der Waals surface area contributed by atoms with Gasteiger partial charge in [-0.2, -0.15) is 0 Å². The van der Waals surface area contributed by atoms with E-state index in [0.717, 1.165) is 41.5 Å². The van der Waals surface area contributed by atoms with Crippen molar-refractivity contribution >= 4 is 21.6 Å². The fraction of sp³-hybridized carbons (Fsp3) is 0.458. The van der Waals surface area contributed by atoms with Crippen molar-refractivity contribution in [3.8, 4) is 0 Å². The summed E-state index contributed by atoms with van der Waals surface area (Å²) in [6.07, 6.45) is 2.61. The van der Waals surface area contributed by atoms with Gasteiger partial charge in [-0.25, -0.2) is 8.42 Å². The van der Waals surface area contributed by atoms with E-state index >= 15 is 0 Å². The fourth-order valence-corrected chi connectivity index (χ4v) is 5.58. The Morgan fingerprint density at radius 1 is 1.03 bits per heavy atom. The highest BCUT2D eigenvalue weighted by molar-refractivity contribution is 7.92. The van der Waals surface area contributed by atoms with Gasteiger partial charge < -0.3 is 5.32 Å². The molecule has 0 aromatic heterocycles. The quantitative estimate of drug-likeness (QED) is 0.645. The van der Waals surface area contributed by atoms with E-state index in [1.54, 1.807) is 12.1 Å². The Morgan fingerprint density at radius 2 is 1.60 bits per heavy atom. The van der Waals surface area contributed by atoms with Crippen LogP contribution in [-0.4, -0.2) is 20.9 Å². The highest BCUT2D eigenvalue weighted by Crippen LogP contribution is 2.48. The first-order valence-corrected chi connectivity index (χ1v) is 12.0. The summed E-state index contributed by atoms with van der Waals surface area (Å²) in [4.78, 5) is 13.0. The van der Waals surface area contributed by atoms with Gasteiger partial charge in [-0.15, -0.1) is 0 Å². The second kappa shape index (κ2) is 8.42. The SMILES string of the molecule is Cc1cc(C)c(S(=O)(=O)Nc2ccc(C3(C(=O)NCCC(C)C)CC3)cc2)c(C)c1. The van der Waals surface area contributed by atoms with Gasteiger partial charge in [0.05, 0.1) is 10.3 Å². The molecule has 6 heteroatoms. The lowest BCUT2D eigenvalue weighted by molar-refractivity contribution is -0.123. The van der Waals surface area contributed by atoms with Crippen LogP contribution in [0.25, 0.3) is 0 Å². The topological polar surface area (TPSA) is 75.3 Å². The number of rotatable bonds is 8. The van der Waals surface area contributed by atoms with Crippen molar-refractivity contribution in [1.82, 2.24) is 5.32 Å². The van der Waals surface area contributed by atoms with Crippen LogP contribution in [0.15, 0.2) is 41.3 Å². The van der Waals surface area contributed by atoms with E-state index in [0.29, 0.717) is 23.0 Å². The number of hydrogen-bond acceptors (Lipinski definition) is 3. The van der Waals surface area contributed by atoms with E-state index < -0.39 is 15.4 Å². The third kappa shape index (κ3) is 4.69. The molecule has 1 fully saturated rings. The molecule has 1 aliphatic rings. The summed E-state index contributed by atoms with van der Waals surface area (Å²) in [6.45, 7) is 10.5. The van der Waals surface area contributed by atoms with Gasteiger partial charge in [0.25, 0.3) is 10.0 Å². The molecule has 0 spiro atoms. The lowest BCUT2D eigenvalue weighted by Crippen LogP contribution is -2.35. The summed E-state index contributed by atoms with van der Waals surface area (Å²) >= 11 is 0. The highest BCUT2D eigenvalue weighted by atomic mass is 32.2. The number of amides is 1. The molecule has 30 heavy (non-hydrogen) atoms. The van der Waals surface area contributed by atoms with Crippen LogP contribution in [0, 0.1) is 26.7 Å². The molecule has 0 saturated heterocycles. The van der Waals surface area contributed by atoms with Gasteiger partial charge in [0.2, 0.25) is 5.91 Å². The van der Waals surface area contributed by atoms with E-state index in [-0.39, 0.29) is 5.91 Å². The zero-order valence-corrected chi connectivity index (χ0v) is 19.3. The van der Waals surface area contributed by atoms with Gasteiger partial charge in [0.1, 0.15) is 0 Å². The average molecular weight is 429 g/mol. The standard InChI is InChI=1S/C24H32N2O3S/c1-16(2)10-13-25-23(27)24(11-12-24)20-6-8-21(9-7-20)26-30(28,29)22-18(4)14-17(3)15-19(22)5/h6-9,14-16,26H,10-13H2,1-5H3,(H,25,27). The van der Waals surface area contributed by atoms with Crippen molar-refractivity contribution in [1.29, 1.82) is 0 Å². The van der Waals surface area contributed by atoms with Crippen LogP contribution in [0.5, 0.6) is 0 Å². The molecule has 0 heterocycles. The molecule has 5 nitrogen and oxygen atoms in total. The minimum Gasteiger partial charge on any atom is -0.355 e. The molecular formula is C24H32N2O3S. The number of hydrogen-bond donors (Lipinski definition) is 2. The smallest absolute Gasteiger partial charge is 0.262 e. The molecule has 2 aromatic rings. The Balaban J connectivity index is 1.74. The Labute approximate surface area is 180 Å². The van der Waals surface area contributed by atoms with Crippen LogP contribution >= 0.6 is 0 Å². The summed E-state index contributed by atoms with van der Waals surface area (Å²) in [7, 11) is -3.69. The molecule has 2 aromatic carbocycles. The largest absolute Gasteiger partial charge is 0.355 e. The van der Waals surface area contributed by atoms with E-state index in [2.05, 4.69) is 23.9 Å². The summed E-state index contributed by atoms with van der Waals surface area (Å²) in [5.74, 6) is 0.621. The van der Waals surface area contributed by atoms with Crippen molar-refractivity contribution in [2.75, 3.05) is 11.3 Å². The number of sulfonamides is 1. The molecule has 1 aliphatic carbocycles. The van der Waals surface area contributed by atoms with E-state index in [1.807, 2.05) is 45.0 Å². The van der Waals surface area contributed by atoms with Gasteiger partial charge in [0.15, 0.2) is 0 Å². The number of carbonyl (C=O) groups excluding carboxylic acids is 1. The van der Waals surface area contributed by atoms with Gasteiger partial charge in [0, 0.05) is 12.2 Å². The number of benzene rings is 2. The zero-order chi connectivity index (χ0) is 22.1. The lowest BCUT2D eigenvalue weighted by atomic mass is 9.94. The number of anilines is 1. The van der Waals surface area contributed by atoms with Crippen LogP contribution in [0.3, 0.4) is 0 Å². The third-order valence-electron chi connectivity index (χ3n) is 5.75. The van der Waals surface area contributed by atoms with Crippen LogP contribution in [-0.2, 0) is 20.2 Å². The van der Waals surface area contributed by atoms with Crippen molar-refractivity contribution in [2.45, 2.75) is 64.2 Å². The molecule has 0 radical (unpaired) electrons. The molecule has 0 aliphatic heterocycles. The minimum atomic E-state index is -3.69. The van der Waals surface area contributed by atoms with Crippen LogP contribution in [0.1, 0.15) is 55.4 Å². The molecule has 3 rings (SSSR count). The summed E-state index contributed by atoms with van der Waals surface area (Å²) in [6, 6.07) is 11.0. The van der Waals surface area contributed by atoms with Gasteiger partial charge in [-0.3, -0.25) is 9.52 Å². The minimum absolute atomic E-state index is 0.0717. The van der Waals surface area contributed by atoms with Crippen molar-refractivity contribution in [2.24, 2.45) is 5.92 Å². The van der Waals surface area contributed by atoms with E-state index in [1.165, 1.54) is 0 Å². The summed E-state index contributed by atoms with van der Waals surface area (Å²) < 4.78 is 28.6. The maximum atomic E-state index is 13.0. The number of nitrogens with one attached hydrogen (secondary N) is 2. The molecule has 162 valence electrons. The fourth-order valence-electron chi connectivity index (χ4n) is 4.07. The van der Waals surface area contributed by atoms with Crippen LogP contribution in [0.4, 0.5) is 5.69 Å². The second-order valence-electron chi connectivity index (χ2n) is 8.93. The highest BCUT2D eigenvalue weighted by Gasteiger charge is 2.51. The number of aryl methyl sites for hydroxylation is 3. The molecule has 0 bridgehead atoms. The van der Waals surface area contributed by atoms with Gasteiger partial charge in [-0.05, 0) is 74.8 Å². The maximum absolute atomic E-state index is 13.0. The first-order valence-electron chi connectivity index (χ1n) is 10.5. The van der Waals surface area contributed by atoms with Gasteiger partial charge >= 0.3 is 0 Å². The predicted molar refractivity (Wildman–Crippen MR) is 121 cm³/mol. The average Bonchev–Trinajstić information content (AvgIpc) is 3.42. The van der Waals surface area contributed by atoms with Crippen LogP contribution < -0.4 is 10.0 Å². The Hall–Kier alpha value is -2.34. The summed E-state index contributed by atoms with van der Waals surface area (Å²) in [5, 5.41) is 3.06. The van der Waals surface area contributed by atoms with Gasteiger partial charge in [-0.1, -0.05) is 43.7 Å². The monoisotopic (exact) mass is 428 g/mol. The first-order chi connectivity index (χ1) is 14.0. The molecule has 2 N–H and O–H groups in total. The van der Waals surface area contributed by atoms with Crippen molar-refractivity contribution in [3.05, 3.63) is 58.7 Å². The van der Waals surface area contributed by atoms with E-state index in [9.17, 15) is 13.2 Å². The Morgan fingerprint density at radius 3 is 2.10 bits per heavy atom. The summed E-state index contributed by atoms with van der Waals surface area (Å²) in [5.41, 5.74) is 3.47. The molecule has 1 saturated carbocycles. The molecular weight excluding hydrogens is 396 g/mol. The van der Waals surface area contributed by atoms with Crippen molar-refractivity contribution in [3.63, 3.8) is 0 Å². The lowest BCUT2D eigenvalue weighted by Gasteiger charge is -2.18. The zero-order valence-electron chi connectivity index (χ0n) is 18.5. The van der Waals surface area contributed by atoms with Crippen molar-refractivity contribution < 1.29 is 13.2 Å². The number of carbonyl (C=O) groups is 1.